The molecule has 0 aromatic carbocycles. The zero-order chi connectivity index (χ0) is 21.7. The second kappa shape index (κ2) is 6.91. The SMILES string of the molecule is Nc1cncc(-c2ncc3[nH]nc(-c4nc5nccc(-c6cccnc6)c5[nH]4)c3c2F)c1. The number of fused-ring (bicyclic) bond motifs is 2. The number of anilines is 1. The maximum atomic E-state index is 15.6. The largest absolute Gasteiger partial charge is 0.397 e. The second-order valence-electron chi connectivity index (χ2n) is 7.17. The zero-order valence-corrected chi connectivity index (χ0v) is 16.4. The van der Waals surface area contributed by atoms with E-state index in [1.165, 1.54) is 18.6 Å². The number of hydrogen-bond acceptors (Lipinski definition) is 7. The minimum Gasteiger partial charge on any atom is -0.397 e. The summed E-state index contributed by atoms with van der Waals surface area (Å²) in [5.74, 6) is -0.156. The maximum absolute atomic E-state index is 15.6. The van der Waals surface area contributed by atoms with Gasteiger partial charge in [-0.15, -0.1) is 0 Å². The number of aromatic amines is 2. The summed E-state index contributed by atoms with van der Waals surface area (Å²) in [7, 11) is 0. The summed E-state index contributed by atoms with van der Waals surface area (Å²) in [5.41, 5.74) is 10.6. The predicted molar refractivity (Wildman–Crippen MR) is 118 cm³/mol. The topological polar surface area (TPSA) is 135 Å². The number of pyridine rings is 4. The molecule has 0 aliphatic heterocycles. The van der Waals surface area contributed by atoms with E-state index in [0.717, 1.165) is 11.1 Å². The van der Waals surface area contributed by atoms with Crippen molar-refractivity contribution in [2.45, 2.75) is 0 Å². The molecular formula is C22H14FN9. The van der Waals surface area contributed by atoms with E-state index in [4.69, 9.17) is 5.73 Å². The first-order valence-corrected chi connectivity index (χ1v) is 9.68. The first-order valence-electron chi connectivity index (χ1n) is 9.68. The third-order valence-electron chi connectivity index (χ3n) is 5.17. The summed E-state index contributed by atoms with van der Waals surface area (Å²) in [6.07, 6.45) is 9.67. The van der Waals surface area contributed by atoms with Crippen molar-refractivity contribution in [2.75, 3.05) is 5.73 Å². The Morgan fingerprint density at radius 3 is 2.66 bits per heavy atom. The fourth-order valence-corrected chi connectivity index (χ4v) is 3.72. The van der Waals surface area contributed by atoms with Crippen molar-refractivity contribution in [2.24, 2.45) is 0 Å². The molecule has 32 heavy (non-hydrogen) atoms. The van der Waals surface area contributed by atoms with Gasteiger partial charge in [0.05, 0.1) is 28.3 Å². The van der Waals surface area contributed by atoms with Crippen LogP contribution in [0.15, 0.2) is 61.4 Å². The highest BCUT2D eigenvalue weighted by molar-refractivity contribution is 5.97. The molecule has 0 saturated heterocycles. The maximum Gasteiger partial charge on any atom is 0.178 e. The zero-order valence-electron chi connectivity index (χ0n) is 16.4. The Hall–Kier alpha value is -4.73. The lowest BCUT2D eigenvalue weighted by molar-refractivity contribution is 0.638. The van der Waals surface area contributed by atoms with Crippen LogP contribution in [0.2, 0.25) is 0 Å². The average molecular weight is 423 g/mol. The summed E-state index contributed by atoms with van der Waals surface area (Å²) >= 11 is 0. The first kappa shape index (κ1) is 18.1. The molecule has 154 valence electrons. The Morgan fingerprint density at radius 1 is 0.906 bits per heavy atom. The van der Waals surface area contributed by atoms with Crippen molar-refractivity contribution in [3.8, 4) is 33.9 Å². The lowest BCUT2D eigenvalue weighted by Crippen LogP contribution is -1.94. The van der Waals surface area contributed by atoms with E-state index >= 15 is 4.39 Å². The standard InChI is InChI=1S/C22H14FN9/c23-17-16-15(10-28-18(17)12-6-13(24)9-26-8-12)31-32-20(16)22-29-19-14(3-5-27-21(19)30-22)11-2-1-4-25-7-11/h1-10H,24H2,(H,31,32)(H,27,29,30). The van der Waals surface area contributed by atoms with Crippen LogP contribution in [0, 0.1) is 5.82 Å². The van der Waals surface area contributed by atoms with Crippen LogP contribution in [0.3, 0.4) is 0 Å². The molecule has 0 aliphatic rings. The van der Waals surface area contributed by atoms with Crippen LogP contribution in [0.5, 0.6) is 0 Å². The highest BCUT2D eigenvalue weighted by atomic mass is 19.1. The number of aromatic nitrogens is 8. The second-order valence-corrected chi connectivity index (χ2v) is 7.17. The molecule has 10 heteroatoms. The van der Waals surface area contributed by atoms with Gasteiger partial charge in [-0.2, -0.15) is 5.10 Å². The Kier molecular flexibility index (Phi) is 3.90. The Morgan fingerprint density at radius 2 is 1.81 bits per heavy atom. The lowest BCUT2D eigenvalue weighted by atomic mass is 10.1. The Bertz CT molecular complexity index is 1600. The van der Waals surface area contributed by atoms with E-state index in [1.54, 1.807) is 24.7 Å². The van der Waals surface area contributed by atoms with Crippen LogP contribution in [-0.2, 0) is 0 Å². The molecule has 0 atom stereocenters. The van der Waals surface area contributed by atoms with E-state index in [0.29, 0.717) is 39.4 Å². The summed E-state index contributed by atoms with van der Waals surface area (Å²) in [6.45, 7) is 0. The molecule has 0 amide bonds. The van der Waals surface area contributed by atoms with Gasteiger partial charge in [0.1, 0.15) is 11.4 Å². The van der Waals surface area contributed by atoms with Crippen LogP contribution in [0.1, 0.15) is 0 Å². The van der Waals surface area contributed by atoms with Crippen molar-refractivity contribution < 1.29 is 4.39 Å². The fourth-order valence-electron chi connectivity index (χ4n) is 3.72. The van der Waals surface area contributed by atoms with Gasteiger partial charge in [0.25, 0.3) is 0 Å². The third-order valence-corrected chi connectivity index (χ3v) is 5.17. The van der Waals surface area contributed by atoms with Crippen molar-refractivity contribution >= 4 is 27.8 Å². The number of nitrogens with two attached hydrogens (primary N) is 1. The van der Waals surface area contributed by atoms with E-state index in [2.05, 4.69) is 40.1 Å². The molecule has 0 fully saturated rings. The van der Waals surface area contributed by atoms with Crippen LogP contribution in [-0.4, -0.2) is 40.1 Å². The Labute approximate surface area is 179 Å². The van der Waals surface area contributed by atoms with Crippen LogP contribution >= 0.6 is 0 Å². The molecule has 6 aromatic heterocycles. The molecule has 0 saturated carbocycles. The minimum atomic E-state index is -0.542. The molecule has 6 heterocycles. The molecule has 6 rings (SSSR count). The summed E-state index contributed by atoms with van der Waals surface area (Å²) in [6, 6.07) is 7.30. The minimum absolute atomic E-state index is 0.130. The lowest BCUT2D eigenvalue weighted by Gasteiger charge is -2.04. The van der Waals surface area contributed by atoms with Crippen LogP contribution < -0.4 is 5.73 Å². The normalized spacial score (nSPS) is 11.4. The molecule has 0 radical (unpaired) electrons. The van der Waals surface area contributed by atoms with Crippen LogP contribution in [0.4, 0.5) is 10.1 Å². The summed E-state index contributed by atoms with van der Waals surface area (Å²) in [5, 5.41) is 7.39. The number of nitrogen functional groups attached to an aromatic ring is 1. The summed E-state index contributed by atoms with van der Waals surface area (Å²) in [4.78, 5) is 24.6. The van der Waals surface area contributed by atoms with Crippen molar-refractivity contribution in [3.05, 3.63) is 67.3 Å². The molecule has 0 unspecified atom stereocenters. The predicted octanol–water partition coefficient (Wildman–Crippen LogP) is 3.74. The van der Waals surface area contributed by atoms with Crippen molar-refractivity contribution in [1.29, 1.82) is 0 Å². The van der Waals surface area contributed by atoms with Gasteiger partial charge < -0.3 is 10.7 Å². The highest BCUT2D eigenvalue weighted by Gasteiger charge is 2.21. The first-order chi connectivity index (χ1) is 15.7. The van der Waals surface area contributed by atoms with E-state index in [1.807, 2.05) is 18.2 Å². The van der Waals surface area contributed by atoms with Crippen molar-refractivity contribution in [1.82, 2.24) is 40.1 Å². The molecular weight excluding hydrogens is 409 g/mol. The van der Waals surface area contributed by atoms with Crippen molar-refractivity contribution in [3.63, 3.8) is 0 Å². The number of halogens is 1. The van der Waals surface area contributed by atoms with Gasteiger partial charge in [-0.25, -0.2) is 14.4 Å². The fraction of sp³-hybridized carbons (Fsp3) is 0. The van der Waals surface area contributed by atoms with E-state index < -0.39 is 5.82 Å². The average Bonchev–Trinajstić information content (AvgIpc) is 3.44. The third kappa shape index (κ3) is 2.77. The number of nitrogens with one attached hydrogen (secondary N) is 2. The van der Waals surface area contributed by atoms with E-state index in [9.17, 15) is 0 Å². The van der Waals surface area contributed by atoms with Gasteiger partial charge >= 0.3 is 0 Å². The molecule has 0 spiro atoms. The van der Waals surface area contributed by atoms with Gasteiger partial charge in [0.15, 0.2) is 17.3 Å². The number of hydrogen-bond donors (Lipinski definition) is 3. The van der Waals surface area contributed by atoms with Gasteiger partial charge in [-0.05, 0) is 18.2 Å². The summed E-state index contributed by atoms with van der Waals surface area (Å²) < 4.78 is 15.6. The molecule has 6 aromatic rings. The molecule has 0 bridgehead atoms. The number of H-pyrrole nitrogens is 2. The van der Waals surface area contributed by atoms with Gasteiger partial charge in [-0.3, -0.25) is 20.1 Å². The van der Waals surface area contributed by atoms with Gasteiger partial charge in [0, 0.05) is 47.7 Å². The van der Waals surface area contributed by atoms with Crippen LogP contribution in [0.25, 0.3) is 56.0 Å². The quantitative estimate of drug-likeness (QED) is 0.394. The van der Waals surface area contributed by atoms with E-state index in [-0.39, 0.29) is 11.1 Å². The smallest absolute Gasteiger partial charge is 0.178 e. The monoisotopic (exact) mass is 423 g/mol. The highest BCUT2D eigenvalue weighted by Crippen LogP contribution is 2.33. The number of imidazole rings is 1. The molecule has 0 aliphatic carbocycles. The van der Waals surface area contributed by atoms with Gasteiger partial charge in [0.2, 0.25) is 0 Å². The van der Waals surface area contributed by atoms with Gasteiger partial charge in [-0.1, -0.05) is 6.07 Å². The molecule has 9 nitrogen and oxygen atoms in total. The molecule has 4 N–H and O–H groups in total. The number of rotatable bonds is 3. The number of nitrogens with zero attached hydrogens (tertiary/aromatic N) is 6. The Balaban J connectivity index is 1.55.